The van der Waals surface area contributed by atoms with Gasteiger partial charge < -0.3 is 9.47 Å². The van der Waals surface area contributed by atoms with Crippen LogP contribution in [0.3, 0.4) is 0 Å². The van der Waals surface area contributed by atoms with Gasteiger partial charge in [-0.15, -0.1) is 0 Å². The highest BCUT2D eigenvalue weighted by Crippen LogP contribution is 2.30. The summed E-state index contributed by atoms with van der Waals surface area (Å²) in [4.78, 5) is 12.6. The first-order valence-corrected chi connectivity index (χ1v) is 13.2. The zero-order valence-corrected chi connectivity index (χ0v) is 22.1. The summed E-state index contributed by atoms with van der Waals surface area (Å²) >= 11 is 0. The Hall–Kier alpha value is -4.06. The second-order valence-electron chi connectivity index (χ2n) is 9.47. The van der Waals surface area contributed by atoms with E-state index in [0.717, 1.165) is 18.4 Å². The average molecular weight is 533 g/mol. The quantitative estimate of drug-likeness (QED) is 0.110. The van der Waals surface area contributed by atoms with Crippen molar-refractivity contribution in [2.24, 2.45) is 0 Å². The third kappa shape index (κ3) is 7.08. The molecular weight excluding hydrogens is 501 g/mol. The number of ether oxygens (including phenoxy) is 2. The lowest BCUT2D eigenvalue weighted by Crippen LogP contribution is -2.12. The molecule has 0 heterocycles. The number of hydrogen-bond acceptors (Lipinski definition) is 3. The Bertz CT molecular complexity index is 1410. The molecule has 0 aromatic heterocycles. The first-order chi connectivity index (χ1) is 18.9. The van der Waals surface area contributed by atoms with Crippen LogP contribution >= 0.6 is 0 Å². The molecule has 4 aromatic carbocycles. The molecule has 0 amide bonds. The summed E-state index contributed by atoms with van der Waals surface area (Å²) in [6.07, 6.45) is 5.57. The van der Waals surface area contributed by atoms with Gasteiger partial charge in [0, 0.05) is 17.2 Å². The molecule has 0 saturated carbocycles. The van der Waals surface area contributed by atoms with Gasteiger partial charge in [-0.3, -0.25) is 0 Å². The van der Waals surface area contributed by atoms with Crippen LogP contribution < -0.4 is 9.47 Å². The molecule has 3 nitrogen and oxygen atoms in total. The molecule has 0 aliphatic rings. The number of rotatable bonds is 11. The normalized spacial score (nSPS) is 10.9. The van der Waals surface area contributed by atoms with Crippen molar-refractivity contribution in [2.45, 2.75) is 46.0 Å². The molecule has 0 N–H and O–H groups in total. The Labute approximate surface area is 227 Å². The van der Waals surface area contributed by atoms with E-state index in [9.17, 15) is 18.0 Å². The van der Waals surface area contributed by atoms with Crippen molar-refractivity contribution in [1.82, 2.24) is 0 Å². The second kappa shape index (κ2) is 13.1. The summed E-state index contributed by atoms with van der Waals surface area (Å²) in [6, 6.07) is 20.4. The van der Waals surface area contributed by atoms with Gasteiger partial charge >= 0.3 is 5.97 Å². The van der Waals surface area contributed by atoms with Crippen LogP contribution in [0.2, 0.25) is 0 Å². The van der Waals surface area contributed by atoms with E-state index < -0.39 is 29.0 Å². The van der Waals surface area contributed by atoms with Crippen molar-refractivity contribution >= 4 is 5.97 Å². The molecule has 0 spiro atoms. The van der Waals surface area contributed by atoms with Gasteiger partial charge in [-0.25, -0.2) is 18.0 Å². The lowest BCUT2D eigenvalue weighted by Gasteiger charge is -2.11. The van der Waals surface area contributed by atoms with Crippen molar-refractivity contribution in [3.8, 4) is 33.8 Å². The van der Waals surface area contributed by atoms with Crippen molar-refractivity contribution in [3.05, 3.63) is 107 Å². The summed E-state index contributed by atoms with van der Waals surface area (Å²) in [7, 11) is 0. The number of esters is 1. The molecule has 0 bridgehead atoms. The Morgan fingerprint density at radius 3 is 2.00 bits per heavy atom. The van der Waals surface area contributed by atoms with Crippen LogP contribution in [0.15, 0.2) is 78.9 Å². The summed E-state index contributed by atoms with van der Waals surface area (Å²) in [5.74, 6) is -3.27. The fraction of sp³-hybridized carbons (Fsp3) is 0.242. The number of carbonyl (C=O) groups is 1. The maximum Gasteiger partial charge on any atom is 0.346 e. The standard InChI is InChI=1S/C33H31F3O3/c1-3-4-5-6-7-20-38-26-16-17-27(30(34)21-26)23-12-14-25(15-13-23)39-33(37)29-19-18-28(31(35)32(29)36)24-10-8-22(2)9-11-24/h8-19,21H,3-7,20H2,1-2H3. The summed E-state index contributed by atoms with van der Waals surface area (Å²) in [5, 5.41) is 0. The molecule has 0 atom stereocenters. The van der Waals surface area contributed by atoms with E-state index in [1.54, 1.807) is 48.5 Å². The zero-order chi connectivity index (χ0) is 27.8. The lowest BCUT2D eigenvalue weighted by molar-refractivity contribution is 0.0728. The van der Waals surface area contributed by atoms with E-state index in [1.807, 2.05) is 6.92 Å². The van der Waals surface area contributed by atoms with Gasteiger partial charge in [-0.1, -0.05) is 80.6 Å². The fourth-order valence-corrected chi connectivity index (χ4v) is 4.24. The van der Waals surface area contributed by atoms with Crippen molar-refractivity contribution < 1.29 is 27.4 Å². The van der Waals surface area contributed by atoms with E-state index in [-0.39, 0.29) is 11.3 Å². The summed E-state index contributed by atoms with van der Waals surface area (Å²) in [5.41, 5.74) is 1.96. The number of hydrogen-bond donors (Lipinski definition) is 0. The molecule has 0 radical (unpaired) electrons. The van der Waals surface area contributed by atoms with Gasteiger partial charge in [0.2, 0.25) is 0 Å². The minimum atomic E-state index is -1.28. The maximum atomic E-state index is 14.8. The molecule has 202 valence electrons. The number of benzene rings is 4. The van der Waals surface area contributed by atoms with Crippen LogP contribution in [0.1, 0.15) is 54.9 Å². The molecule has 0 aliphatic heterocycles. The van der Waals surface area contributed by atoms with Gasteiger partial charge in [-0.2, -0.15) is 0 Å². The maximum absolute atomic E-state index is 14.8. The molecule has 0 saturated heterocycles. The summed E-state index contributed by atoms with van der Waals surface area (Å²) < 4.78 is 55.2. The smallest absolute Gasteiger partial charge is 0.346 e. The monoisotopic (exact) mass is 532 g/mol. The van der Waals surface area contributed by atoms with E-state index in [4.69, 9.17) is 9.47 Å². The number of aryl methyl sites for hydroxylation is 1. The van der Waals surface area contributed by atoms with E-state index in [0.29, 0.717) is 29.0 Å². The van der Waals surface area contributed by atoms with Crippen LogP contribution in [-0.2, 0) is 0 Å². The highest BCUT2D eigenvalue weighted by molar-refractivity contribution is 5.92. The van der Waals surface area contributed by atoms with E-state index >= 15 is 0 Å². The molecule has 39 heavy (non-hydrogen) atoms. The van der Waals surface area contributed by atoms with E-state index in [2.05, 4.69) is 6.92 Å². The fourth-order valence-electron chi connectivity index (χ4n) is 4.24. The minimum absolute atomic E-state index is 0.0545. The summed E-state index contributed by atoms with van der Waals surface area (Å²) in [6.45, 7) is 4.60. The highest BCUT2D eigenvalue weighted by atomic mass is 19.2. The van der Waals surface area contributed by atoms with Crippen LogP contribution in [0.4, 0.5) is 13.2 Å². The molecule has 0 unspecified atom stereocenters. The Morgan fingerprint density at radius 2 is 1.31 bits per heavy atom. The minimum Gasteiger partial charge on any atom is -0.493 e. The first kappa shape index (κ1) is 28.0. The first-order valence-electron chi connectivity index (χ1n) is 13.2. The average Bonchev–Trinajstić information content (AvgIpc) is 2.93. The van der Waals surface area contributed by atoms with Crippen molar-refractivity contribution in [3.63, 3.8) is 0 Å². The topological polar surface area (TPSA) is 35.5 Å². The van der Waals surface area contributed by atoms with Crippen molar-refractivity contribution in [2.75, 3.05) is 6.61 Å². The molecule has 6 heteroatoms. The van der Waals surface area contributed by atoms with Gasteiger partial charge in [0.05, 0.1) is 12.2 Å². The van der Waals surface area contributed by atoms with Crippen molar-refractivity contribution in [1.29, 1.82) is 0 Å². The number of unbranched alkanes of at least 4 members (excludes halogenated alkanes) is 4. The highest BCUT2D eigenvalue weighted by Gasteiger charge is 2.21. The Kier molecular flexibility index (Phi) is 9.42. The Balaban J connectivity index is 1.39. The van der Waals surface area contributed by atoms with E-state index in [1.165, 1.54) is 49.6 Å². The van der Waals surface area contributed by atoms with Gasteiger partial charge in [0.1, 0.15) is 17.3 Å². The molecular formula is C33H31F3O3. The molecule has 4 rings (SSSR count). The SMILES string of the molecule is CCCCCCCOc1ccc(-c2ccc(OC(=O)c3ccc(-c4ccc(C)cc4)c(F)c3F)cc2)c(F)c1. The van der Waals surface area contributed by atoms with Gasteiger partial charge in [0.15, 0.2) is 11.6 Å². The molecule has 0 aliphatic carbocycles. The second-order valence-corrected chi connectivity index (χ2v) is 9.47. The van der Waals surface area contributed by atoms with Gasteiger partial charge in [0.25, 0.3) is 0 Å². The van der Waals surface area contributed by atoms with Crippen LogP contribution in [0, 0.1) is 24.4 Å². The number of carbonyl (C=O) groups excluding carboxylic acids is 1. The largest absolute Gasteiger partial charge is 0.493 e. The Morgan fingerprint density at radius 1 is 0.692 bits per heavy atom. The predicted molar refractivity (Wildman–Crippen MR) is 148 cm³/mol. The van der Waals surface area contributed by atoms with Crippen LogP contribution in [0.25, 0.3) is 22.3 Å². The predicted octanol–water partition coefficient (Wildman–Crippen LogP) is 9.31. The third-order valence-corrected chi connectivity index (χ3v) is 6.50. The molecule has 0 fully saturated rings. The zero-order valence-electron chi connectivity index (χ0n) is 22.1. The molecule has 4 aromatic rings. The van der Waals surface area contributed by atoms with Crippen LogP contribution in [-0.4, -0.2) is 12.6 Å². The van der Waals surface area contributed by atoms with Gasteiger partial charge in [-0.05, 0) is 54.8 Å². The van der Waals surface area contributed by atoms with Crippen LogP contribution in [0.5, 0.6) is 11.5 Å². The lowest BCUT2D eigenvalue weighted by atomic mass is 10.0. The number of halogens is 3. The third-order valence-electron chi connectivity index (χ3n) is 6.50.